The van der Waals surface area contributed by atoms with Crippen molar-refractivity contribution in [3.63, 3.8) is 0 Å². The molecule has 10 atom stereocenters. The molecular weight excluding hydrogens is 1570 g/mol. The van der Waals surface area contributed by atoms with E-state index >= 15 is 0 Å². The number of Topliss-reactive ketones (excluding diaryl/α,β-unsaturated/α-hetero) is 2. The fraction of sp³-hybridized carbons (Fsp3) is 0.624. The Balaban J connectivity index is 0.000000683. The molecule has 4 aromatic rings. The molecule has 2 heterocycles. The molecule has 0 aliphatic carbocycles. The van der Waals surface area contributed by atoms with E-state index < -0.39 is 161 Å². The molecule has 2 aromatic heterocycles. The molecule has 8 N–H and O–H groups in total. The van der Waals surface area contributed by atoms with E-state index in [4.69, 9.17) is 44.8 Å². The second kappa shape index (κ2) is 51.1. The third-order valence-corrected chi connectivity index (χ3v) is 20.6. The summed E-state index contributed by atoms with van der Waals surface area (Å²) in [7, 11) is -0.174. The zero-order valence-electron chi connectivity index (χ0n) is 72.3. The van der Waals surface area contributed by atoms with Crippen LogP contribution in [-0.2, 0) is 85.7 Å². The van der Waals surface area contributed by atoms with E-state index in [2.05, 4.69) is 41.9 Å². The number of pyridine rings is 2. The maximum absolute atomic E-state index is 14.2. The monoisotopic (exact) mass is 1700 g/mol. The van der Waals surface area contributed by atoms with Crippen LogP contribution in [-0.4, -0.2) is 184 Å². The number of alkyl carbamates (subject to hydrolysis) is 2. The Bertz CT molecular complexity index is 3980. The Labute approximate surface area is 698 Å². The molecule has 29 nitrogen and oxygen atoms in total. The highest BCUT2D eigenvalue weighted by atomic mass is 35.7. The van der Waals surface area contributed by atoms with Gasteiger partial charge in [0.1, 0.15) is 35.4 Å². The summed E-state index contributed by atoms with van der Waals surface area (Å²) in [4.78, 5) is 137. The third-order valence-electron chi connectivity index (χ3n) is 17.7. The van der Waals surface area contributed by atoms with Crippen molar-refractivity contribution in [2.45, 2.75) is 302 Å². The highest BCUT2D eigenvalue weighted by molar-refractivity contribution is 8.13. The van der Waals surface area contributed by atoms with Gasteiger partial charge in [-0.15, -0.1) is 0 Å². The number of hydrogen-bond acceptors (Lipinski definition) is 23. The lowest BCUT2D eigenvalue weighted by Crippen LogP contribution is -2.55. The van der Waals surface area contributed by atoms with Crippen molar-refractivity contribution < 1.29 is 93.2 Å². The highest BCUT2D eigenvalue weighted by Crippen LogP contribution is 2.26. The van der Waals surface area contributed by atoms with Crippen molar-refractivity contribution in [3.05, 3.63) is 97.3 Å². The van der Waals surface area contributed by atoms with Gasteiger partial charge in [0.2, 0.25) is 23.6 Å². The second-order valence-corrected chi connectivity index (χ2v) is 37.5. The number of rotatable bonds is 44. The molecule has 0 bridgehead atoms. The molecule has 4 rings (SSSR count). The first-order valence-electron chi connectivity index (χ1n) is 40.1. The first kappa shape index (κ1) is 105. The number of benzene rings is 2. The van der Waals surface area contributed by atoms with E-state index in [1.54, 1.807) is 102 Å². The maximum atomic E-state index is 14.2. The van der Waals surface area contributed by atoms with Crippen LogP contribution >= 0.6 is 10.7 Å². The van der Waals surface area contributed by atoms with Gasteiger partial charge in [0.05, 0.1) is 55.3 Å². The van der Waals surface area contributed by atoms with Gasteiger partial charge in [0, 0.05) is 72.0 Å². The Morgan fingerprint density at radius 3 is 1.15 bits per heavy atom. The summed E-state index contributed by atoms with van der Waals surface area (Å²) in [6, 6.07) is 20.2. The fourth-order valence-electron chi connectivity index (χ4n) is 11.8. The fourth-order valence-corrected chi connectivity index (χ4v) is 14.0. The topological polar surface area (TPSA) is 418 Å². The number of ketones is 2. The van der Waals surface area contributed by atoms with Gasteiger partial charge in [-0.3, -0.25) is 28.8 Å². The number of nitrogens with one attached hydrogen (secondary N) is 6. The van der Waals surface area contributed by atoms with Gasteiger partial charge in [0.15, 0.2) is 31.5 Å². The maximum Gasteiger partial charge on any atom is 0.407 e. The van der Waals surface area contributed by atoms with Crippen LogP contribution < -0.4 is 37.6 Å². The number of methoxy groups -OCH3 is 2. The Morgan fingerprint density at radius 1 is 0.444 bits per heavy atom. The molecule has 0 saturated carbocycles. The molecule has 32 heteroatoms. The van der Waals surface area contributed by atoms with E-state index in [0.29, 0.717) is 57.9 Å². The molecule has 0 unspecified atom stereocenters. The number of unbranched alkanes of at least 4 members (excludes halogenated alkanes) is 6. The number of aromatic nitrogens is 2. The molecule has 0 radical (unpaired) electrons. The SMILES string of the molecule is CCCCC[C@H](NC(=O)[C@H](C)CC(=O)[C@@H](NC(=O)[C@@H](N)CCCCNC(=O)OC(C)(C)C)[C@@H](C)OC(C)(C)C)C(=O)OC.CCCCC[C@H](NC(=O)[C@H](C)CC(=O)[C@@H](NC(=O)[C@H](CCCCNC(=O)OC(C)(C)C)CS(=O)(=O)c1ccc(-c2ccccc2)cn1)[C@@H](C)OC(C)(C)C)C(=O)OC.O=S(=O)(Cl)c1ccc(-c2ccccc2)cn1. The zero-order valence-corrected chi connectivity index (χ0v) is 74.7. The quantitative estimate of drug-likeness (QED) is 0.00936. The van der Waals surface area contributed by atoms with Crippen molar-refractivity contribution in [2.24, 2.45) is 23.5 Å². The number of ether oxygens (including phenoxy) is 6. The van der Waals surface area contributed by atoms with Crippen LogP contribution in [0.1, 0.15) is 227 Å². The van der Waals surface area contributed by atoms with E-state index in [1.807, 2.05) is 95.3 Å². The number of nitrogens with two attached hydrogens (primary N) is 1. The number of halogens is 1. The summed E-state index contributed by atoms with van der Waals surface area (Å²) in [6.45, 7) is 32.6. The Hall–Kier alpha value is -8.49. The second-order valence-electron chi connectivity index (χ2n) is 33.0. The molecule has 2 aromatic carbocycles. The average Bonchev–Trinajstić information content (AvgIpc) is 0.826. The molecule has 0 fully saturated rings. The number of esters is 2. The van der Waals surface area contributed by atoms with Gasteiger partial charge in [0.25, 0.3) is 9.05 Å². The number of sulfone groups is 1. The number of carbonyl (C=O) groups is 10. The molecule has 656 valence electrons. The average molecular weight is 1700 g/mol. The predicted octanol–water partition coefficient (Wildman–Crippen LogP) is 12.6. The van der Waals surface area contributed by atoms with Gasteiger partial charge in [-0.2, -0.15) is 0 Å². The minimum absolute atomic E-state index is 0.102. The molecule has 117 heavy (non-hydrogen) atoms. The lowest BCUT2D eigenvalue weighted by molar-refractivity contribution is -0.146. The highest BCUT2D eigenvalue weighted by Gasteiger charge is 2.38. The van der Waals surface area contributed by atoms with Crippen LogP contribution in [0, 0.1) is 17.8 Å². The smallest absolute Gasteiger partial charge is 0.407 e. The zero-order chi connectivity index (χ0) is 88.7. The predicted molar refractivity (Wildman–Crippen MR) is 450 cm³/mol. The Morgan fingerprint density at radius 2 is 0.812 bits per heavy atom. The molecule has 0 saturated heterocycles. The van der Waals surface area contributed by atoms with Gasteiger partial charge in [-0.1, -0.05) is 133 Å². The lowest BCUT2D eigenvalue weighted by atomic mass is 9.94. The summed E-state index contributed by atoms with van der Waals surface area (Å²) in [5, 5.41) is 15.9. The van der Waals surface area contributed by atoms with Crippen LogP contribution in [0.25, 0.3) is 22.3 Å². The summed E-state index contributed by atoms with van der Waals surface area (Å²) in [6.07, 6.45) is 8.11. The molecule has 0 spiro atoms. The van der Waals surface area contributed by atoms with E-state index in [-0.39, 0.29) is 41.6 Å². The third kappa shape index (κ3) is 43.2. The van der Waals surface area contributed by atoms with Crippen molar-refractivity contribution in [2.75, 3.05) is 33.1 Å². The largest absolute Gasteiger partial charge is 0.467 e. The van der Waals surface area contributed by atoms with Crippen LogP contribution in [0.15, 0.2) is 107 Å². The number of hydrogen-bond donors (Lipinski definition) is 7. The minimum Gasteiger partial charge on any atom is -0.467 e. The minimum atomic E-state index is -4.11. The molecule has 0 aliphatic rings. The lowest BCUT2D eigenvalue weighted by Gasteiger charge is -2.32. The standard InChI is InChI=1S/C43H66N4O10S.C31H58N4O8.C11H8ClNO2S/c1-11-12-14-22-34(40(51)55-10)46-38(49)29(2)26-35(48)37(30(3)56-42(4,5)6)47-39(50)33(21-17-18-25-44-41(52)57-43(7,8)9)28-58(53,54)36-24-23-32(27-45-36)31-19-15-13-16-20-31;1-11-12-13-17-23(28(39)41-10)34-26(37)20(2)19-24(36)25(21(3)42-30(4,5)6)35-27(38)22(32)16-14-15-18-33-29(40)43-31(7,8)9;12-16(14,15)11-7-6-10(8-13-11)9-4-2-1-3-5-9/h13,15-16,19-20,23-24,27,29-30,33-34,37H,11-12,14,17-18,21-22,25-26,28H2,1-10H3,(H,44,52)(H,46,49)(H,47,50);20-23,25H,11-19,32H2,1-10H3,(H,33,40)(H,34,37)(H,35,38);1-8H/t29-,30-,33-,34+,37+;20-,21-,22+,23+,25+;/m11./s1. The molecular formula is C85H132ClN9O20S2. The van der Waals surface area contributed by atoms with E-state index in [1.165, 1.54) is 38.7 Å². The number of nitrogens with zero attached hydrogens (tertiary/aromatic N) is 2. The summed E-state index contributed by atoms with van der Waals surface area (Å²) < 4.78 is 81.9. The molecule has 0 aliphatic heterocycles. The van der Waals surface area contributed by atoms with Crippen molar-refractivity contribution in [3.8, 4) is 22.3 Å². The van der Waals surface area contributed by atoms with Gasteiger partial charge >= 0.3 is 24.1 Å². The molecule has 6 amide bonds. The first-order chi connectivity index (χ1) is 54.4. The Kier molecular flexibility index (Phi) is 45.7. The van der Waals surface area contributed by atoms with Crippen molar-refractivity contribution >= 4 is 88.9 Å². The van der Waals surface area contributed by atoms with E-state index in [9.17, 15) is 64.8 Å². The van der Waals surface area contributed by atoms with E-state index in [0.717, 1.165) is 54.4 Å². The summed E-state index contributed by atoms with van der Waals surface area (Å²) >= 11 is 0. The first-order valence-corrected chi connectivity index (χ1v) is 44.1. The number of carbonyl (C=O) groups excluding carboxylic acids is 10. The van der Waals surface area contributed by atoms with Crippen LogP contribution in [0.5, 0.6) is 0 Å². The van der Waals surface area contributed by atoms with Gasteiger partial charge < -0.3 is 66.1 Å². The number of amides is 6. The van der Waals surface area contributed by atoms with Gasteiger partial charge in [-0.25, -0.2) is 46.0 Å². The van der Waals surface area contributed by atoms with Gasteiger partial charge in [-0.05, 0) is 177 Å². The van der Waals surface area contributed by atoms with Crippen LogP contribution in [0.3, 0.4) is 0 Å². The summed E-state index contributed by atoms with van der Waals surface area (Å²) in [5.41, 5.74) is 6.96. The van der Waals surface area contributed by atoms with Crippen molar-refractivity contribution in [1.82, 2.24) is 41.9 Å². The normalized spacial score (nSPS) is 14.4. The van der Waals surface area contributed by atoms with Crippen LogP contribution in [0.4, 0.5) is 9.59 Å². The summed E-state index contributed by atoms with van der Waals surface area (Å²) in [5.74, 6) is -7.55. The van der Waals surface area contributed by atoms with Crippen molar-refractivity contribution in [1.29, 1.82) is 0 Å². The van der Waals surface area contributed by atoms with Crippen LogP contribution in [0.2, 0.25) is 0 Å².